The second-order valence-corrected chi connectivity index (χ2v) is 8.24. The largest absolute Gasteiger partial charge is 0.490 e. The lowest BCUT2D eigenvalue weighted by molar-refractivity contribution is 0.0471. The van der Waals surface area contributed by atoms with E-state index < -0.39 is 5.60 Å². The number of hydrogen-bond donors (Lipinski definition) is 1. The number of ether oxygens (including phenoxy) is 2. The average Bonchev–Trinajstić information content (AvgIpc) is 2.61. The fourth-order valence-corrected chi connectivity index (χ4v) is 3.62. The predicted molar refractivity (Wildman–Crippen MR) is 107 cm³/mol. The molecule has 0 bridgehead atoms. The van der Waals surface area contributed by atoms with Crippen LogP contribution < -0.4 is 10.1 Å². The zero-order chi connectivity index (χ0) is 19.4. The molecule has 5 nitrogen and oxygen atoms in total. The number of fused-ring (bicyclic) bond motifs is 1. The highest BCUT2D eigenvalue weighted by atomic mass is 16.6. The number of alkyl carbamates (subject to hydrolysis) is 1. The number of pyridine rings is 1. The number of aromatic nitrogens is 1. The van der Waals surface area contributed by atoms with E-state index in [-0.39, 0.29) is 18.2 Å². The van der Waals surface area contributed by atoms with Gasteiger partial charge in [-0.3, -0.25) is 4.98 Å². The molecule has 0 saturated heterocycles. The van der Waals surface area contributed by atoms with Crippen LogP contribution in [-0.2, 0) is 11.2 Å². The van der Waals surface area contributed by atoms with Gasteiger partial charge in [0.2, 0.25) is 0 Å². The molecule has 2 aromatic rings. The van der Waals surface area contributed by atoms with E-state index in [1.165, 1.54) is 10.9 Å². The van der Waals surface area contributed by atoms with Crippen molar-refractivity contribution in [3.05, 3.63) is 36.2 Å². The second kappa shape index (κ2) is 8.15. The van der Waals surface area contributed by atoms with E-state index in [2.05, 4.69) is 23.3 Å². The summed E-state index contributed by atoms with van der Waals surface area (Å²) in [6.45, 7) is 7.77. The molecule has 1 N–H and O–H groups in total. The zero-order valence-corrected chi connectivity index (χ0v) is 16.7. The molecule has 1 aromatic carbocycles. The Bertz CT molecular complexity index is 784. The third-order valence-electron chi connectivity index (χ3n) is 4.89. The van der Waals surface area contributed by atoms with Gasteiger partial charge in [0.05, 0.1) is 6.10 Å². The first-order chi connectivity index (χ1) is 12.9. The molecular formula is C22H30N2O3. The van der Waals surface area contributed by atoms with Crippen molar-refractivity contribution in [3.63, 3.8) is 0 Å². The zero-order valence-electron chi connectivity index (χ0n) is 16.7. The predicted octanol–water partition coefficient (Wildman–Crippen LogP) is 5.01. The summed E-state index contributed by atoms with van der Waals surface area (Å²) < 4.78 is 11.7. The molecule has 1 saturated carbocycles. The molecule has 5 heteroatoms. The molecule has 146 valence electrons. The van der Waals surface area contributed by atoms with Crippen molar-refractivity contribution in [2.75, 3.05) is 0 Å². The Labute approximate surface area is 161 Å². The van der Waals surface area contributed by atoms with Gasteiger partial charge in [0, 0.05) is 29.2 Å². The number of aryl methyl sites for hydroxylation is 1. The third-order valence-corrected chi connectivity index (χ3v) is 4.89. The molecule has 0 spiro atoms. The summed E-state index contributed by atoms with van der Waals surface area (Å²) in [4.78, 5) is 16.3. The minimum Gasteiger partial charge on any atom is -0.490 e. The Kier molecular flexibility index (Phi) is 5.88. The van der Waals surface area contributed by atoms with Gasteiger partial charge in [-0.05, 0) is 64.5 Å². The molecule has 27 heavy (non-hydrogen) atoms. The SMILES string of the molecule is CCc1cncc2cccc(OC3CCC(NC(=O)OC(C)(C)C)CC3)c12. The van der Waals surface area contributed by atoms with E-state index in [1.54, 1.807) is 0 Å². The summed E-state index contributed by atoms with van der Waals surface area (Å²) in [6, 6.07) is 6.31. The van der Waals surface area contributed by atoms with Crippen LogP contribution >= 0.6 is 0 Å². The van der Waals surface area contributed by atoms with E-state index in [0.717, 1.165) is 43.2 Å². The smallest absolute Gasteiger partial charge is 0.407 e. The average molecular weight is 370 g/mol. The van der Waals surface area contributed by atoms with E-state index in [4.69, 9.17) is 9.47 Å². The van der Waals surface area contributed by atoms with Crippen LogP contribution in [0.15, 0.2) is 30.6 Å². The maximum absolute atomic E-state index is 11.9. The number of hydrogen-bond acceptors (Lipinski definition) is 4. The highest BCUT2D eigenvalue weighted by Crippen LogP contribution is 2.32. The molecule has 0 atom stereocenters. The van der Waals surface area contributed by atoms with E-state index >= 15 is 0 Å². The number of carbonyl (C=O) groups excluding carboxylic acids is 1. The molecule has 0 aliphatic heterocycles. The van der Waals surface area contributed by atoms with Gasteiger partial charge in [-0.1, -0.05) is 19.1 Å². The van der Waals surface area contributed by atoms with Crippen molar-refractivity contribution in [1.82, 2.24) is 10.3 Å². The van der Waals surface area contributed by atoms with Crippen LogP contribution in [0, 0.1) is 0 Å². The molecule has 1 fully saturated rings. The van der Waals surface area contributed by atoms with Crippen LogP contribution in [0.5, 0.6) is 5.75 Å². The number of amides is 1. The van der Waals surface area contributed by atoms with Crippen LogP contribution in [0.3, 0.4) is 0 Å². The van der Waals surface area contributed by atoms with Gasteiger partial charge < -0.3 is 14.8 Å². The molecule has 1 aliphatic carbocycles. The minimum absolute atomic E-state index is 0.155. The van der Waals surface area contributed by atoms with Gasteiger partial charge in [0.1, 0.15) is 11.4 Å². The van der Waals surface area contributed by atoms with Crippen molar-refractivity contribution in [2.45, 2.75) is 77.5 Å². The maximum Gasteiger partial charge on any atom is 0.407 e. The summed E-state index contributed by atoms with van der Waals surface area (Å²) in [5.74, 6) is 0.940. The normalized spacial score (nSPS) is 20.3. The van der Waals surface area contributed by atoms with Gasteiger partial charge in [-0.15, -0.1) is 0 Å². The molecule has 0 radical (unpaired) electrons. The Morgan fingerprint density at radius 2 is 1.93 bits per heavy atom. The van der Waals surface area contributed by atoms with Crippen molar-refractivity contribution in [1.29, 1.82) is 0 Å². The number of nitrogens with one attached hydrogen (secondary N) is 1. The molecule has 3 rings (SSSR count). The first kappa shape index (κ1) is 19.5. The monoisotopic (exact) mass is 370 g/mol. The van der Waals surface area contributed by atoms with Gasteiger partial charge in [-0.25, -0.2) is 4.79 Å². The standard InChI is InChI=1S/C22H30N2O3/c1-5-15-13-23-14-16-7-6-8-19(20(15)16)26-18-11-9-17(10-12-18)24-21(25)27-22(2,3)4/h6-8,13-14,17-18H,5,9-12H2,1-4H3,(H,24,25). The molecule has 1 amide bonds. The van der Waals surface area contributed by atoms with Crippen LogP contribution in [0.25, 0.3) is 10.8 Å². The van der Waals surface area contributed by atoms with Crippen molar-refractivity contribution >= 4 is 16.9 Å². The van der Waals surface area contributed by atoms with Crippen LogP contribution in [-0.4, -0.2) is 28.8 Å². The lowest BCUT2D eigenvalue weighted by Crippen LogP contribution is -2.42. The Morgan fingerprint density at radius 3 is 2.59 bits per heavy atom. The molecular weight excluding hydrogens is 340 g/mol. The number of nitrogens with zero attached hydrogens (tertiary/aromatic N) is 1. The van der Waals surface area contributed by atoms with Crippen LogP contribution in [0.1, 0.15) is 58.9 Å². The number of carbonyl (C=O) groups is 1. The van der Waals surface area contributed by atoms with E-state index in [1.807, 2.05) is 45.3 Å². The second-order valence-electron chi connectivity index (χ2n) is 8.24. The first-order valence-corrected chi connectivity index (χ1v) is 9.87. The summed E-state index contributed by atoms with van der Waals surface area (Å²) in [5.41, 5.74) is 0.744. The van der Waals surface area contributed by atoms with E-state index in [0.29, 0.717) is 0 Å². The fraction of sp³-hybridized carbons (Fsp3) is 0.545. The van der Waals surface area contributed by atoms with Crippen LogP contribution in [0.2, 0.25) is 0 Å². The Balaban J connectivity index is 1.60. The summed E-state index contributed by atoms with van der Waals surface area (Å²) in [7, 11) is 0. The third kappa shape index (κ3) is 5.12. The highest BCUT2D eigenvalue weighted by Gasteiger charge is 2.26. The summed E-state index contributed by atoms with van der Waals surface area (Å²) >= 11 is 0. The fourth-order valence-electron chi connectivity index (χ4n) is 3.62. The van der Waals surface area contributed by atoms with Gasteiger partial charge in [0.25, 0.3) is 0 Å². The molecule has 0 unspecified atom stereocenters. The first-order valence-electron chi connectivity index (χ1n) is 9.87. The minimum atomic E-state index is -0.468. The quantitative estimate of drug-likeness (QED) is 0.822. The van der Waals surface area contributed by atoms with Crippen molar-refractivity contribution in [3.8, 4) is 5.75 Å². The summed E-state index contributed by atoms with van der Waals surface area (Å²) in [5, 5.41) is 5.27. The maximum atomic E-state index is 11.9. The molecule has 1 aromatic heterocycles. The topological polar surface area (TPSA) is 60.5 Å². The molecule has 1 aliphatic rings. The van der Waals surface area contributed by atoms with Crippen molar-refractivity contribution in [2.24, 2.45) is 0 Å². The summed E-state index contributed by atoms with van der Waals surface area (Å²) in [6.07, 6.45) is 8.23. The van der Waals surface area contributed by atoms with Crippen molar-refractivity contribution < 1.29 is 14.3 Å². The molecule has 1 heterocycles. The van der Waals surface area contributed by atoms with Gasteiger partial charge >= 0.3 is 6.09 Å². The Morgan fingerprint density at radius 1 is 1.19 bits per heavy atom. The van der Waals surface area contributed by atoms with Gasteiger partial charge in [0.15, 0.2) is 0 Å². The lowest BCUT2D eigenvalue weighted by atomic mass is 9.93. The Hall–Kier alpha value is -2.30. The lowest BCUT2D eigenvalue weighted by Gasteiger charge is -2.30. The number of benzene rings is 1. The number of rotatable bonds is 4. The van der Waals surface area contributed by atoms with Crippen LogP contribution in [0.4, 0.5) is 4.79 Å². The van der Waals surface area contributed by atoms with E-state index in [9.17, 15) is 4.79 Å². The van der Waals surface area contributed by atoms with Gasteiger partial charge in [-0.2, -0.15) is 0 Å². The highest BCUT2D eigenvalue weighted by molar-refractivity contribution is 5.90.